The normalized spacial score (nSPS) is 30.1. The summed E-state index contributed by atoms with van der Waals surface area (Å²) in [6.07, 6.45) is 4.45. The second kappa shape index (κ2) is 6.16. The predicted molar refractivity (Wildman–Crippen MR) is 81.9 cm³/mol. The van der Waals surface area contributed by atoms with Crippen LogP contribution < -0.4 is 5.73 Å². The van der Waals surface area contributed by atoms with E-state index in [1.807, 2.05) is 30.3 Å². The molecule has 3 atom stereocenters. The molecule has 4 heteroatoms. The fourth-order valence-electron chi connectivity index (χ4n) is 3.76. The Morgan fingerprint density at radius 3 is 2.48 bits per heavy atom. The van der Waals surface area contributed by atoms with Gasteiger partial charge in [-0.05, 0) is 38.3 Å². The van der Waals surface area contributed by atoms with Gasteiger partial charge in [0.05, 0.1) is 5.92 Å². The maximum Gasteiger partial charge on any atom is 0.314 e. The van der Waals surface area contributed by atoms with Gasteiger partial charge >= 0.3 is 5.97 Å². The first-order valence-electron chi connectivity index (χ1n) is 7.86. The summed E-state index contributed by atoms with van der Waals surface area (Å²) < 4.78 is 5.78. The molecule has 1 aromatic rings. The van der Waals surface area contributed by atoms with Crippen molar-refractivity contribution in [2.45, 2.75) is 49.8 Å². The smallest absolute Gasteiger partial charge is 0.314 e. The molecule has 2 aliphatic heterocycles. The van der Waals surface area contributed by atoms with E-state index >= 15 is 0 Å². The molecule has 0 radical (unpaired) electrons. The maximum absolute atomic E-state index is 12.4. The van der Waals surface area contributed by atoms with Crippen LogP contribution in [0.5, 0.6) is 0 Å². The fraction of sp³-hybridized carbons (Fsp3) is 0.588. The Kier molecular flexibility index (Phi) is 4.27. The number of ether oxygens (including phenoxy) is 1. The van der Waals surface area contributed by atoms with E-state index in [0.717, 1.165) is 18.4 Å². The van der Waals surface area contributed by atoms with E-state index < -0.39 is 0 Å². The van der Waals surface area contributed by atoms with Crippen molar-refractivity contribution in [2.75, 3.05) is 13.6 Å². The molecule has 3 rings (SSSR count). The average molecular weight is 288 g/mol. The molecule has 114 valence electrons. The molecule has 21 heavy (non-hydrogen) atoms. The van der Waals surface area contributed by atoms with Crippen LogP contribution in [0.2, 0.25) is 0 Å². The van der Waals surface area contributed by atoms with Crippen LogP contribution in [-0.4, -0.2) is 42.6 Å². The van der Waals surface area contributed by atoms with Crippen molar-refractivity contribution in [2.24, 2.45) is 5.73 Å². The molecular formula is C17H24N2O2. The third-order valence-electron chi connectivity index (χ3n) is 5.06. The van der Waals surface area contributed by atoms with Gasteiger partial charge in [-0.1, -0.05) is 30.3 Å². The number of hydrogen-bond donors (Lipinski definition) is 1. The minimum Gasteiger partial charge on any atom is -0.462 e. The number of piperidine rings is 1. The first kappa shape index (κ1) is 14.5. The Bertz CT molecular complexity index is 477. The summed E-state index contributed by atoms with van der Waals surface area (Å²) >= 11 is 0. The highest BCUT2D eigenvalue weighted by molar-refractivity contribution is 5.78. The molecule has 2 bridgehead atoms. The number of carbonyl (C=O) groups excluding carboxylic acids is 1. The van der Waals surface area contributed by atoms with E-state index in [0.29, 0.717) is 18.6 Å². The minimum atomic E-state index is -0.344. The zero-order valence-corrected chi connectivity index (χ0v) is 12.6. The van der Waals surface area contributed by atoms with Crippen molar-refractivity contribution in [3.05, 3.63) is 35.9 Å². The number of hydrogen-bond acceptors (Lipinski definition) is 4. The highest BCUT2D eigenvalue weighted by Crippen LogP contribution is 2.36. The molecule has 2 N–H and O–H groups in total. The molecule has 0 amide bonds. The summed E-state index contributed by atoms with van der Waals surface area (Å²) in [6.45, 7) is 0.294. The SMILES string of the molecule is CN1C2CCC1CC(OC(=O)C(CN)c1ccccc1)C2. The van der Waals surface area contributed by atoms with Gasteiger partial charge < -0.3 is 15.4 Å². The molecular weight excluding hydrogens is 264 g/mol. The molecule has 0 spiro atoms. The van der Waals surface area contributed by atoms with Gasteiger partial charge in [0.25, 0.3) is 0 Å². The van der Waals surface area contributed by atoms with Crippen molar-refractivity contribution in [1.82, 2.24) is 4.90 Å². The van der Waals surface area contributed by atoms with Gasteiger partial charge in [0.2, 0.25) is 0 Å². The summed E-state index contributed by atoms with van der Waals surface area (Å²) in [5.41, 5.74) is 6.74. The topological polar surface area (TPSA) is 55.6 Å². The van der Waals surface area contributed by atoms with Crippen LogP contribution in [0, 0.1) is 0 Å². The lowest BCUT2D eigenvalue weighted by Crippen LogP contribution is -2.44. The third-order valence-corrected chi connectivity index (χ3v) is 5.06. The Balaban J connectivity index is 1.63. The van der Waals surface area contributed by atoms with Crippen LogP contribution >= 0.6 is 0 Å². The number of carbonyl (C=O) groups is 1. The van der Waals surface area contributed by atoms with Gasteiger partial charge in [0, 0.05) is 18.6 Å². The van der Waals surface area contributed by atoms with Crippen molar-refractivity contribution in [1.29, 1.82) is 0 Å². The van der Waals surface area contributed by atoms with E-state index in [4.69, 9.17) is 10.5 Å². The molecule has 0 aromatic heterocycles. The largest absolute Gasteiger partial charge is 0.462 e. The number of nitrogens with zero attached hydrogens (tertiary/aromatic N) is 1. The van der Waals surface area contributed by atoms with Crippen molar-refractivity contribution in [3.8, 4) is 0 Å². The van der Waals surface area contributed by atoms with E-state index in [-0.39, 0.29) is 18.0 Å². The van der Waals surface area contributed by atoms with E-state index in [1.54, 1.807) is 0 Å². The predicted octanol–water partition coefficient (Wildman–Crippen LogP) is 1.90. The quantitative estimate of drug-likeness (QED) is 0.860. The summed E-state index contributed by atoms with van der Waals surface area (Å²) in [5.74, 6) is -0.513. The van der Waals surface area contributed by atoms with Crippen LogP contribution in [0.15, 0.2) is 30.3 Å². The van der Waals surface area contributed by atoms with E-state index in [9.17, 15) is 4.79 Å². The van der Waals surface area contributed by atoms with Crippen LogP contribution in [0.1, 0.15) is 37.2 Å². The summed E-state index contributed by atoms with van der Waals surface area (Å²) in [7, 11) is 2.19. The molecule has 2 fully saturated rings. The van der Waals surface area contributed by atoms with E-state index in [2.05, 4.69) is 11.9 Å². The maximum atomic E-state index is 12.4. The van der Waals surface area contributed by atoms with Gasteiger partial charge in [0.1, 0.15) is 6.10 Å². The minimum absolute atomic E-state index is 0.0592. The summed E-state index contributed by atoms with van der Waals surface area (Å²) in [6, 6.07) is 10.8. The van der Waals surface area contributed by atoms with Gasteiger partial charge in [-0.25, -0.2) is 0 Å². The monoisotopic (exact) mass is 288 g/mol. The number of rotatable bonds is 4. The molecule has 2 saturated heterocycles. The summed E-state index contributed by atoms with van der Waals surface area (Å²) in [5, 5.41) is 0. The van der Waals surface area contributed by atoms with Gasteiger partial charge in [-0.15, -0.1) is 0 Å². The molecule has 0 aliphatic carbocycles. The zero-order chi connectivity index (χ0) is 14.8. The Morgan fingerprint density at radius 2 is 1.90 bits per heavy atom. The standard InChI is InChI=1S/C17H24N2O2/c1-19-13-7-8-14(19)10-15(9-13)21-17(20)16(11-18)12-5-3-2-4-6-12/h2-6,13-16H,7-11,18H2,1H3. The Morgan fingerprint density at radius 1 is 1.29 bits per heavy atom. The van der Waals surface area contributed by atoms with Gasteiger partial charge in [0.15, 0.2) is 0 Å². The number of fused-ring (bicyclic) bond motifs is 2. The van der Waals surface area contributed by atoms with Crippen molar-refractivity contribution >= 4 is 5.97 Å². The third kappa shape index (κ3) is 2.97. The van der Waals surface area contributed by atoms with Crippen LogP contribution in [0.3, 0.4) is 0 Å². The molecule has 0 saturated carbocycles. The summed E-state index contributed by atoms with van der Waals surface area (Å²) in [4.78, 5) is 14.9. The highest BCUT2D eigenvalue weighted by Gasteiger charge is 2.40. The zero-order valence-electron chi connectivity index (χ0n) is 12.6. The second-order valence-electron chi connectivity index (χ2n) is 6.28. The molecule has 1 aromatic carbocycles. The van der Waals surface area contributed by atoms with Gasteiger partial charge in [-0.2, -0.15) is 0 Å². The van der Waals surface area contributed by atoms with E-state index in [1.165, 1.54) is 12.8 Å². The van der Waals surface area contributed by atoms with Crippen molar-refractivity contribution < 1.29 is 9.53 Å². The number of nitrogens with two attached hydrogens (primary N) is 1. The first-order valence-corrected chi connectivity index (χ1v) is 7.86. The lowest BCUT2D eigenvalue weighted by atomic mass is 9.98. The number of benzene rings is 1. The molecule has 4 nitrogen and oxygen atoms in total. The lowest BCUT2D eigenvalue weighted by Gasteiger charge is -2.36. The fourth-order valence-corrected chi connectivity index (χ4v) is 3.76. The second-order valence-corrected chi connectivity index (χ2v) is 6.28. The highest BCUT2D eigenvalue weighted by atomic mass is 16.5. The van der Waals surface area contributed by atoms with Crippen LogP contribution in [0.4, 0.5) is 0 Å². The number of esters is 1. The molecule has 2 aliphatic rings. The first-order chi connectivity index (χ1) is 10.2. The van der Waals surface area contributed by atoms with Crippen molar-refractivity contribution in [3.63, 3.8) is 0 Å². The Hall–Kier alpha value is -1.39. The Labute approximate surface area is 126 Å². The lowest BCUT2D eigenvalue weighted by molar-refractivity contribution is -0.154. The molecule has 3 unspecified atom stereocenters. The average Bonchev–Trinajstić information content (AvgIpc) is 2.72. The van der Waals surface area contributed by atoms with Gasteiger partial charge in [-0.3, -0.25) is 4.79 Å². The molecule has 2 heterocycles. The van der Waals surface area contributed by atoms with Crippen LogP contribution in [0.25, 0.3) is 0 Å². The van der Waals surface area contributed by atoms with Crippen LogP contribution in [-0.2, 0) is 9.53 Å².